The molecule has 0 spiro atoms. The molecule has 1 N–H and O–H groups in total. The Morgan fingerprint density at radius 1 is 1.06 bits per heavy atom. The first-order valence-electron chi connectivity index (χ1n) is 5.48. The molecule has 0 aromatic carbocycles. The van der Waals surface area contributed by atoms with Crippen molar-refractivity contribution in [3.8, 4) is 0 Å². The molecule has 0 bridgehead atoms. The predicted molar refractivity (Wildman–Crippen MR) is 53.6 cm³/mol. The molecule has 0 aliphatic rings. The third-order valence-electron chi connectivity index (χ3n) is 1.96. The van der Waals surface area contributed by atoms with Crippen molar-refractivity contribution in [2.24, 2.45) is 0 Å². The molecule has 0 rings (SSSR count). The molecule has 8 heteroatoms. The van der Waals surface area contributed by atoms with E-state index < -0.39 is 31.4 Å². The minimum absolute atomic E-state index is 0.155. The fourth-order valence-electron chi connectivity index (χ4n) is 0.919. The Morgan fingerprint density at radius 2 is 1.61 bits per heavy atom. The predicted octanol–water partition coefficient (Wildman–Crippen LogP) is 2.38. The van der Waals surface area contributed by atoms with E-state index in [9.17, 15) is 27.1 Å². The zero-order chi connectivity index (χ0) is 14.2. The quantitative estimate of drug-likeness (QED) is 0.520. The van der Waals surface area contributed by atoms with Gasteiger partial charge in [-0.05, 0) is 6.42 Å². The van der Waals surface area contributed by atoms with E-state index in [0.717, 1.165) is 12.8 Å². The average molecular weight is 280 g/mol. The van der Waals surface area contributed by atoms with Gasteiger partial charge in [0.25, 0.3) is 0 Å². The molecule has 0 fully saturated rings. The van der Waals surface area contributed by atoms with Gasteiger partial charge in [-0.1, -0.05) is 13.3 Å². The lowest BCUT2D eigenvalue weighted by Crippen LogP contribution is -2.41. The summed E-state index contributed by atoms with van der Waals surface area (Å²) < 4.78 is 69.0. The van der Waals surface area contributed by atoms with Gasteiger partial charge in [-0.3, -0.25) is 0 Å². The van der Waals surface area contributed by atoms with Crippen molar-refractivity contribution >= 4 is 0 Å². The average Bonchev–Trinajstić information content (AvgIpc) is 2.22. The Hall–Kier alpha value is -0.470. The smallest absolute Gasteiger partial charge is 0.388 e. The van der Waals surface area contributed by atoms with Gasteiger partial charge in [-0.15, -0.1) is 0 Å². The van der Waals surface area contributed by atoms with E-state index in [1.165, 1.54) is 0 Å². The van der Waals surface area contributed by atoms with Crippen LogP contribution < -0.4 is 0 Å². The van der Waals surface area contributed by atoms with Crippen molar-refractivity contribution in [3.05, 3.63) is 0 Å². The number of aliphatic hydroxyl groups excluding tert-OH is 1. The molecule has 0 heterocycles. The summed E-state index contributed by atoms with van der Waals surface area (Å²) in [5.74, 6) is -4.91. The SMILES string of the molecule is CCCCOCC(O)COCC(F)(F)C(F)(F)F. The number of halogens is 5. The molecule has 110 valence electrons. The van der Waals surface area contributed by atoms with E-state index >= 15 is 0 Å². The van der Waals surface area contributed by atoms with Crippen LogP contribution in [-0.2, 0) is 9.47 Å². The molecule has 18 heavy (non-hydrogen) atoms. The Labute approximate surface area is 102 Å². The zero-order valence-corrected chi connectivity index (χ0v) is 9.97. The van der Waals surface area contributed by atoms with Crippen LogP contribution in [-0.4, -0.2) is 49.7 Å². The van der Waals surface area contributed by atoms with Crippen molar-refractivity contribution in [1.82, 2.24) is 0 Å². The summed E-state index contributed by atoms with van der Waals surface area (Å²) >= 11 is 0. The van der Waals surface area contributed by atoms with Gasteiger partial charge in [0.1, 0.15) is 12.7 Å². The Bertz CT molecular complexity index is 220. The standard InChI is InChI=1S/C10H17F5O3/c1-2-3-4-17-5-8(16)6-18-7-9(11,12)10(13,14)15/h8,16H,2-7H2,1H3. The monoisotopic (exact) mass is 280 g/mol. The molecule has 3 nitrogen and oxygen atoms in total. The molecular weight excluding hydrogens is 263 g/mol. The van der Waals surface area contributed by atoms with Crippen LogP contribution in [0.25, 0.3) is 0 Å². The number of hydrogen-bond donors (Lipinski definition) is 1. The minimum atomic E-state index is -5.64. The van der Waals surface area contributed by atoms with Gasteiger partial charge in [-0.25, -0.2) is 0 Å². The van der Waals surface area contributed by atoms with E-state index in [-0.39, 0.29) is 6.61 Å². The maximum Gasteiger partial charge on any atom is 0.455 e. The minimum Gasteiger partial charge on any atom is -0.388 e. The molecule has 0 saturated heterocycles. The second kappa shape index (κ2) is 7.85. The molecule has 0 amide bonds. The van der Waals surface area contributed by atoms with E-state index in [4.69, 9.17) is 4.74 Å². The fraction of sp³-hybridized carbons (Fsp3) is 1.00. The van der Waals surface area contributed by atoms with Crippen molar-refractivity contribution in [1.29, 1.82) is 0 Å². The summed E-state index contributed by atoms with van der Waals surface area (Å²) in [6, 6.07) is 0. The summed E-state index contributed by atoms with van der Waals surface area (Å²) in [4.78, 5) is 0. The fourth-order valence-corrected chi connectivity index (χ4v) is 0.919. The van der Waals surface area contributed by atoms with Crippen LogP contribution in [0.15, 0.2) is 0 Å². The summed E-state index contributed by atoms with van der Waals surface area (Å²) in [6.07, 6.45) is -5.19. The lowest BCUT2D eigenvalue weighted by molar-refractivity contribution is -0.298. The molecule has 0 saturated carbocycles. The van der Waals surface area contributed by atoms with Gasteiger partial charge in [-0.2, -0.15) is 22.0 Å². The Balaban J connectivity index is 3.71. The van der Waals surface area contributed by atoms with E-state index in [0.29, 0.717) is 6.61 Å². The second-order valence-electron chi connectivity index (χ2n) is 3.80. The maximum atomic E-state index is 12.4. The van der Waals surface area contributed by atoms with Crippen LogP contribution >= 0.6 is 0 Å². The number of unbranched alkanes of at least 4 members (excludes halogenated alkanes) is 1. The summed E-state index contributed by atoms with van der Waals surface area (Å²) in [7, 11) is 0. The van der Waals surface area contributed by atoms with Gasteiger partial charge in [0.15, 0.2) is 0 Å². The largest absolute Gasteiger partial charge is 0.455 e. The molecule has 0 radical (unpaired) electrons. The number of aliphatic hydroxyl groups is 1. The Kier molecular flexibility index (Phi) is 7.65. The normalized spacial score (nSPS) is 14.8. The van der Waals surface area contributed by atoms with Crippen LogP contribution in [0.1, 0.15) is 19.8 Å². The topological polar surface area (TPSA) is 38.7 Å². The highest BCUT2D eigenvalue weighted by atomic mass is 19.4. The number of ether oxygens (including phenoxy) is 2. The zero-order valence-electron chi connectivity index (χ0n) is 9.97. The van der Waals surface area contributed by atoms with Gasteiger partial charge < -0.3 is 14.6 Å². The van der Waals surface area contributed by atoms with Crippen molar-refractivity contribution in [2.75, 3.05) is 26.4 Å². The molecule has 1 unspecified atom stereocenters. The molecule has 0 aliphatic heterocycles. The van der Waals surface area contributed by atoms with Crippen LogP contribution in [0.4, 0.5) is 22.0 Å². The first-order chi connectivity index (χ1) is 8.20. The molecule has 0 aromatic heterocycles. The Morgan fingerprint density at radius 3 is 2.11 bits per heavy atom. The van der Waals surface area contributed by atoms with Crippen molar-refractivity contribution in [3.63, 3.8) is 0 Å². The van der Waals surface area contributed by atoms with Gasteiger partial charge in [0.05, 0.1) is 13.2 Å². The lowest BCUT2D eigenvalue weighted by atomic mass is 10.3. The second-order valence-corrected chi connectivity index (χ2v) is 3.80. The first kappa shape index (κ1) is 17.5. The third-order valence-corrected chi connectivity index (χ3v) is 1.96. The first-order valence-corrected chi connectivity index (χ1v) is 5.48. The highest BCUT2D eigenvalue weighted by molar-refractivity contribution is 4.75. The molecule has 0 aliphatic carbocycles. The van der Waals surface area contributed by atoms with Gasteiger partial charge in [0, 0.05) is 6.61 Å². The highest BCUT2D eigenvalue weighted by Crippen LogP contribution is 2.35. The molecule has 0 aromatic rings. The summed E-state index contributed by atoms with van der Waals surface area (Å²) in [5, 5.41) is 9.17. The van der Waals surface area contributed by atoms with Gasteiger partial charge in [0.2, 0.25) is 0 Å². The number of rotatable bonds is 9. The van der Waals surface area contributed by atoms with Crippen LogP contribution in [0.2, 0.25) is 0 Å². The van der Waals surface area contributed by atoms with Crippen LogP contribution in [0.3, 0.4) is 0 Å². The van der Waals surface area contributed by atoms with E-state index in [1.54, 1.807) is 0 Å². The maximum absolute atomic E-state index is 12.4. The molecular formula is C10H17F5O3. The third kappa shape index (κ3) is 7.07. The van der Waals surface area contributed by atoms with E-state index in [2.05, 4.69) is 4.74 Å². The lowest BCUT2D eigenvalue weighted by Gasteiger charge is -2.20. The highest BCUT2D eigenvalue weighted by Gasteiger charge is 2.57. The summed E-state index contributed by atoms with van der Waals surface area (Å²) in [6.45, 7) is -0.258. The molecule has 1 atom stereocenters. The van der Waals surface area contributed by atoms with Crippen LogP contribution in [0, 0.1) is 0 Å². The van der Waals surface area contributed by atoms with E-state index in [1.807, 2.05) is 6.92 Å². The number of alkyl halides is 5. The van der Waals surface area contributed by atoms with Crippen molar-refractivity contribution < 1.29 is 36.5 Å². The summed E-state index contributed by atoms with van der Waals surface area (Å²) in [5.41, 5.74) is 0. The van der Waals surface area contributed by atoms with Gasteiger partial charge >= 0.3 is 12.1 Å². The van der Waals surface area contributed by atoms with Crippen molar-refractivity contribution in [2.45, 2.75) is 38.0 Å². The van der Waals surface area contributed by atoms with Crippen LogP contribution in [0.5, 0.6) is 0 Å². The number of hydrogen-bond acceptors (Lipinski definition) is 3.